The van der Waals surface area contributed by atoms with Crippen molar-refractivity contribution in [3.05, 3.63) is 76.2 Å². The van der Waals surface area contributed by atoms with Crippen LogP contribution in [0.2, 0.25) is 0 Å². The molecule has 38 heavy (non-hydrogen) atoms. The second-order valence-electron chi connectivity index (χ2n) is 10.4. The van der Waals surface area contributed by atoms with Gasteiger partial charge in [-0.1, -0.05) is 119 Å². The number of hydrogen-bond acceptors (Lipinski definition) is 3. The molecule has 4 nitrogen and oxygen atoms in total. The molecule has 0 unspecified atom stereocenters. The van der Waals surface area contributed by atoms with Gasteiger partial charge in [0.15, 0.2) is 12.2 Å². The summed E-state index contributed by atoms with van der Waals surface area (Å²) in [6.45, 7) is 5.88. The minimum absolute atomic E-state index is 0.00495. The van der Waals surface area contributed by atoms with Gasteiger partial charge >= 0.3 is 0 Å². The van der Waals surface area contributed by atoms with Gasteiger partial charge in [0.25, 0.3) is 0 Å². The number of para-hydroxylation sites is 1. The number of nitrogens with one attached hydrogen (secondary N) is 1. The first-order valence-electron chi connectivity index (χ1n) is 14.7. The Balaban J connectivity index is 1.28. The molecule has 0 fully saturated rings. The van der Waals surface area contributed by atoms with Gasteiger partial charge in [0, 0.05) is 12.5 Å². The Morgan fingerprint density at radius 3 is 2.11 bits per heavy atom. The molecule has 0 bridgehead atoms. The Bertz CT molecular complexity index is 1060. The Kier molecular flexibility index (Phi) is 14.0. The number of ether oxygens (including phenoxy) is 1. The van der Waals surface area contributed by atoms with E-state index >= 15 is 0 Å². The van der Waals surface area contributed by atoms with Gasteiger partial charge in [0.2, 0.25) is 11.4 Å². The van der Waals surface area contributed by atoms with Crippen molar-refractivity contribution in [1.29, 1.82) is 0 Å². The van der Waals surface area contributed by atoms with Gasteiger partial charge < -0.3 is 10.1 Å². The Labute approximate surface area is 234 Å². The van der Waals surface area contributed by atoms with Crippen molar-refractivity contribution in [2.45, 2.75) is 104 Å². The highest BCUT2D eigenvalue weighted by molar-refractivity contribution is 7.07. The number of aromatic nitrogens is 1. The molecule has 0 atom stereocenters. The van der Waals surface area contributed by atoms with Crippen molar-refractivity contribution < 1.29 is 14.1 Å². The van der Waals surface area contributed by atoms with E-state index in [1.54, 1.807) is 11.3 Å². The molecule has 3 aromatic rings. The molecule has 0 spiro atoms. The van der Waals surface area contributed by atoms with Gasteiger partial charge in [-0.05, 0) is 30.2 Å². The number of benzene rings is 2. The molecule has 0 radical (unpaired) electrons. The summed E-state index contributed by atoms with van der Waals surface area (Å²) in [4.78, 5) is 12.7. The molecule has 3 rings (SSSR count). The zero-order chi connectivity index (χ0) is 26.8. The third-order valence-corrected chi connectivity index (χ3v) is 7.92. The van der Waals surface area contributed by atoms with E-state index in [0.29, 0.717) is 6.42 Å². The van der Waals surface area contributed by atoms with Crippen molar-refractivity contribution in [3.8, 4) is 5.75 Å². The minimum Gasteiger partial charge on any atom is -0.494 e. The van der Waals surface area contributed by atoms with E-state index < -0.39 is 0 Å². The van der Waals surface area contributed by atoms with E-state index in [1.807, 2.05) is 42.5 Å². The average Bonchev–Trinajstić information content (AvgIpc) is 3.33. The molecule has 1 aromatic heterocycles. The smallest absolute Gasteiger partial charge is 0.228 e. The fourth-order valence-electron chi connectivity index (χ4n) is 4.70. The van der Waals surface area contributed by atoms with Crippen LogP contribution in [0.1, 0.15) is 101 Å². The highest BCUT2D eigenvalue weighted by Gasteiger charge is 2.13. The van der Waals surface area contributed by atoms with Crippen molar-refractivity contribution in [2.24, 2.45) is 0 Å². The highest BCUT2D eigenvalue weighted by atomic mass is 32.1. The van der Waals surface area contributed by atoms with Crippen LogP contribution in [0.4, 0.5) is 5.69 Å². The van der Waals surface area contributed by atoms with Crippen LogP contribution in [0.5, 0.6) is 5.75 Å². The summed E-state index contributed by atoms with van der Waals surface area (Å²) in [5.41, 5.74) is 6.29. The van der Waals surface area contributed by atoms with Crippen LogP contribution < -0.4 is 14.6 Å². The fraction of sp³-hybridized carbons (Fsp3) is 0.515. The van der Waals surface area contributed by atoms with E-state index in [4.69, 9.17) is 4.74 Å². The molecule has 1 N–H and O–H groups in total. The van der Waals surface area contributed by atoms with Crippen LogP contribution in [-0.2, 0) is 17.8 Å². The van der Waals surface area contributed by atoms with Gasteiger partial charge in [-0.25, -0.2) is 0 Å². The maximum atomic E-state index is 12.7. The van der Waals surface area contributed by atoms with Crippen molar-refractivity contribution in [3.63, 3.8) is 0 Å². The normalized spacial score (nSPS) is 11.0. The Morgan fingerprint density at radius 1 is 0.842 bits per heavy atom. The van der Waals surface area contributed by atoms with E-state index in [9.17, 15) is 4.79 Å². The average molecular weight is 536 g/mol. The number of hydrogen-bond donors (Lipinski definition) is 1. The molecule has 1 amide bonds. The zero-order valence-corrected chi connectivity index (χ0v) is 24.4. The molecule has 0 saturated carbocycles. The van der Waals surface area contributed by atoms with Gasteiger partial charge in [-0.3, -0.25) is 4.79 Å². The molecule has 0 aliphatic carbocycles. The maximum absolute atomic E-state index is 12.7. The number of thiazole rings is 1. The summed E-state index contributed by atoms with van der Waals surface area (Å²) in [5, 5.41) is 5.24. The number of rotatable bonds is 19. The summed E-state index contributed by atoms with van der Waals surface area (Å²) in [7, 11) is 0. The molecule has 2 aromatic carbocycles. The lowest BCUT2D eigenvalue weighted by atomic mass is 10.1. The lowest BCUT2D eigenvalue weighted by Crippen LogP contribution is -2.34. The number of anilines is 1. The van der Waals surface area contributed by atoms with E-state index in [0.717, 1.165) is 42.1 Å². The Hall–Kier alpha value is -2.66. The molecule has 0 aliphatic heterocycles. The molecular formula is C33H47N2O2S+. The van der Waals surface area contributed by atoms with Crippen LogP contribution in [-0.4, -0.2) is 12.5 Å². The second-order valence-corrected chi connectivity index (χ2v) is 11.1. The minimum atomic E-state index is -0.00495. The number of carbonyl (C=O) groups excluding carboxylic acids is 1. The number of aryl methyl sites for hydroxylation is 1. The summed E-state index contributed by atoms with van der Waals surface area (Å²) < 4.78 is 8.13. The van der Waals surface area contributed by atoms with Gasteiger partial charge in [-0.2, -0.15) is 4.57 Å². The molecular weight excluding hydrogens is 488 g/mol. The van der Waals surface area contributed by atoms with Crippen molar-refractivity contribution in [2.75, 3.05) is 11.9 Å². The van der Waals surface area contributed by atoms with Gasteiger partial charge in [0.05, 0.1) is 24.1 Å². The van der Waals surface area contributed by atoms with Gasteiger partial charge in [-0.15, -0.1) is 0 Å². The molecule has 206 valence electrons. The van der Waals surface area contributed by atoms with Crippen LogP contribution >= 0.6 is 11.3 Å². The standard InChI is InChI=1S/C33H46N2O2S/c1-3-4-5-6-7-8-9-10-11-12-13-16-23-37-31-21-19-29(20-22-31)24-33(36)34-32-18-15-14-17-30(32)25-35-27-38-26-28(35)2/h14-15,17-22,26-27H,3-13,16,23-25H2,1-2H3/p+1. The number of carbonyl (C=O) groups is 1. The topological polar surface area (TPSA) is 42.2 Å². The fourth-order valence-corrected chi connectivity index (χ4v) is 5.48. The summed E-state index contributed by atoms with van der Waals surface area (Å²) in [6.07, 6.45) is 16.5. The number of unbranched alkanes of at least 4 members (excludes halogenated alkanes) is 11. The van der Waals surface area contributed by atoms with Crippen LogP contribution in [0, 0.1) is 6.92 Å². The second kappa shape index (κ2) is 17.8. The first-order chi connectivity index (χ1) is 18.7. The monoisotopic (exact) mass is 535 g/mol. The molecule has 1 heterocycles. The maximum Gasteiger partial charge on any atom is 0.228 e. The number of amides is 1. The van der Waals surface area contributed by atoms with Crippen LogP contribution in [0.3, 0.4) is 0 Å². The highest BCUT2D eigenvalue weighted by Crippen LogP contribution is 2.18. The summed E-state index contributed by atoms with van der Waals surface area (Å²) in [6, 6.07) is 16.0. The van der Waals surface area contributed by atoms with E-state index in [-0.39, 0.29) is 5.91 Å². The van der Waals surface area contributed by atoms with Crippen LogP contribution in [0.15, 0.2) is 59.4 Å². The van der Waals surface area contributed by atoms with Crippen LogP contribution in [0.25, 0.3) is 0 Å². The lowest BCUT2D eigenvalue weighted by Gasteiger charge is -2.10. The van der Waals surface area contributed by atoms with E-state index in [1.165, 1.54) is 76.3 Å². The first kappa shape index (κ1) is 29.9. The first-order valence-corrected chi connectivity index (χ1v) is 15.6. The Morgan fingerprint density at radius 2 is 1.47 bits per heavy atom. The molecule has 0 saturated heterocycles. The van der Waals surface area contributed by atoms with Crippen molar-refractivity contribution in [1.82, 2.24) is 0 Å². The van der Waals surface area contributed by atoms with E-state index in [2.05, 4.69) is 40.7 Å². The summed E-state index contributed by atoms with van der Waals surface area (Å²) >= 11 is 1.69. The zero-order valence-electron chi connectivity index (χ0n) is 23.6. The van der Waals surface area contributed by atoms with Gasteiger partial charge in [0.1, 0.15) is 5.75 Å². The largest absolute Gasteiger partial charge is 0.494 e. The predicted molar refractivity (Wildman–Crippen MR) is 160 cm³/mol. The third kappa shape index (κ3) is 11.4. The third-order valence-electron chi connectivity index (χ3n) is 7.07. The quantitative estimate of drug-likeness (QED) is 0.123. The summed E-state index contributed by atoms with van der Waals surface area (Å²) in [5.74, 6) is 0.875. The number of nitrogens with zero attached hydrogens (tertiary/aromatic N) is 1. The lowest BCUT2D eigenvalue weighted by molar-refractivity contribution is -0.689. The van der Waals surface area contributed by atoms with Crippen molar-refractivity contribution >= 4 is 22.9 Å². The molecule has 0 aliphatic rings. The predicted octanol–water partition coefficient (Wildman–Crippen LogP) is 8.65. The SMILES string of the molecule is CCCCCCCCCCCCCCOc1ccc(CC(=O)Nc2ccccc2C[n+]2cscc2C)cc1. The molecule has 5 heteroatoms.